The largest absolute Gasteiger partial charge is 0.383 e. The lowest BCUT2D eigenvalue weighted by molar-refractivity contribution is 0.150. The second kappa shape index (κ2) is 8.67. The van der Waals surface area contributed by atoms with Crippen molar-refractivity contribution in [1.82, 2.24) is 10.2 Å². The molecule has 1 heterocycles. The minimum absolute atomic E-state index is 0.684. The summed E-state index contributed by atoms with van der Waals surface area (Å²) in [4.78, 5) is 2.59. The number of rotatable bonds is 8. The van der Waals surface area contributed by atoms with Crippen LogP contribution >= 0.6 is 0 Å². The van der Waals surface area contributed by atoms with Crippen molar-refractivity contribution >= 4 is 0 Å². The van der Waals surface area contributed by atoms with Crippen LogP contribution in [0.2, 0.25) is 0 Å². The zero-order valence-electron chi connectivity index (χ0n) is 11.5. The number of ether oxygens (including phenoxy) is 1. The summed E-state index contributed by atoms with van der Waals surface area (Å²) in [6.45, 7) is 11.5. The fraction of sp³-hybridized carbons (Fsp3) is 0.857. The summed E-state index contributed by atoms with van der Waals surface area (Å²) < 4.78 is 5.05. The predicted octanol–water partition coefficient (Wildman–Crippen LogP) is 2.04. The molecule has 0 saturated carbocycles. The average Bonchev–Trinajstić information content (AvgIpc) is 2.36. The van der Waals surface area contributed by atoms with Crippen molar-refractivity contribution in [3.63, 3.8) is 0 Å². The van der Waals surface area contributed by atoms with Crippen LogP contribution < -0.4 is 5.32 Å². The van der Waals surface area contributed by atoms with Gasteiger partial charge in [-0.1, -0.05) is 25.5 Å². The lowest BCUT2D eigenvalue weighted by Gasteiger charge is -2.36. The van der Waals surface area contributed by atoms with Gasteiger partial charge in [0, 0.05) is 32.8 Å². The van der Waals surface area contributed by atoms with E-state index in [1.54, 1.807) is 7.11 Å². The quantitative estimate of drug-likeness (QED) is 0.519. The maximum absolute atomic E-state index is 5.05. The van der Waals surface area contributed by atoms with Crippen molar-refractivity contribution in [3.05, 3.63) is 12.2 Å². The van der Waals surface area contributed by atoms with Crippen LogP contribution in [0.3, 0.4) is 0 Å². The Hall–Kier alpha value is -0.380. The molecular formula is C14H28N2O. The standard InChI is InChI=1S/C14H28N2O/c1-4-13(2)12-16-9-6-5-7-14(16)11-15-8-10-17-3/h14-15H,2,4-12H2,1,3H3. The van der Waals surface area contributed by atoms with Gasteiger partial charge in [0.2, 0.25) is 0 Å². The van der Waals surface area contributed by atoms with Crippen molar-refractivity contribution in [3.8, 4) is 0 Å². The molecule has 0 spiro atoms. The molecule has 1 aliphatic heterocycles. The molecule has 0 aromatic heterocycles. The van der Waals surface area contributed by atoms with E-state index in [0.29, 0.717) is 6.04 Å². The predicted molar refractivity (Wildman–Crippen MR) is 73.4 cm³/mol. The van der Waals surface area contributed by atoms with Crippen LogP contribution in [0.5, 0.6) is 0 Å². The van der Waals surface area contributed by atoms with Crippen molar-refractivity contribution in [2.24, 2.45) is 0 Å². The van der Waals surface area contributed by atoms with Crippen LogP contribution in [0.15, 0.2) is 12.2 Å². The Bertz CT molecular complexity index is 218. The molecule has 0 bridgehead atoms. The minimum Gasteiger partial charge on any atom is -0.383 e. The zero-order valence-corrected chi connectivity index (χ0v) is 11.5. The molecule has 0 aromatic carbocycles. The van der Waals surface area contributed by atoms with Crippen LogP contribution in [-0.2, 0) is 4.74 Å². The van der Waals surface area contributed by atoms with Gasteiger partial charge >= 0.3 is 0 Å². The van der Waals surface area contributed by atoms with E-state index in [0.717, 1.165) is 32.7 Å². The van der Waals surface area contributed by atoms with Crippen LogP contribution in [0, 0.1) is 0 Å². The molecule has 1 atom stereocenters. The summed E-state index contributed by atoms with van der Waals surface area (Å²) in [5, 5.41) is 3.48. The summed E-state index contributed by atoms with van der Waals surface area (Å²) in [6, 6.07) is 0.684. The Kier molecular flexibility index (Phi) is 7.49. The Morgan fingerprint density at radius 2 is 2.29 bits per heavy atom. The number of nitrogens with zero attached hydrogens (tertiary/aromatic N) is 1. The zero-order chi connectivity index (χ0) is 12.5. The molecule has 100 valence electrons. The first kappa shape index (κ1) is 14.7. The molecule has 0 radical (unpaired) electrons. The summed E-state index contributed by atoms with van der Waals surface area (Å²) in [7, 11) is 1.75. The Labute approximate surface area is 106 Å². The van der Waals surface area contributed by atoms with Crippen molar-refractivity contribution in [1.29, 1.82) is 0 Å². The molecule has 17 heavy (non-hydrogen) atoms. The van der Waals surface area contributed by atoms with Gasteiger partial charge in [0.05, 0.1) is 6.61 Å². The van der Waals surface area contributed by atoms with Crippen molar-refractivity contribution in [2.75, 3.05) is 39.9 Å². The minimum atomic E-state index is 0.684. The number of hydrogen-bond acceptors (Lipinski definition) is 3. The summed E-state index contributed by atoms with van der Waals surface area (Å²) >= 11 is 0. The number of nitrogens with one attached hydrogen (secondary N) is 1. The summed E-state index contributed by atoms with van der Waals surface area (Å²) in [5.74, 6) is 0. The molecule has 1 aliphatic rings. The van der Waals surface area contributed by atoms with Crippen molar-refractivity contribution in [2.45, 2.75) is 38.6 Å². The third-order valence-corrected chi connectivity index (χ3v) is 3.54. The van der Waals surface area contributed by atoms with Gasteiger partial charge in [-0.3, -0.25) is 4.90 Å². The highest BCUT2D eigenvalue weighted by Gasteiger charge is 2.21. The Morgan fingerprint density at radius 1 is 1.47 bits per heavy atom. The molecular weight excluding hydrogens is 212 g/mol. The second-order valence-corrected chi connectivity index (χ2v) is 4.92. The highest BCUT2D eigenvalue weighted by molar-refractivity contribution is 4.98. The van der Waals surface area contributed by atoms with Gasteiger partial charge < -0.3 is 10.1 Å². The van der Waals surface area contributed by atoms with E-state index in [-0.39, 0.29) is 0 Å². The maximum Gasteiger partial charge on any atom is 0.0587 e. The first-order valence-electron chi connectivity index (χ1n) is 6.88. The maximum atomic E-state index is 5.05. The van der Waals surface area contributed by atoms with Crippen LogP contribution in [0.4, 0.5) is 0 Å². The number of piperidine rings is 1. The summed E-state index contributed by atoms with van der Waals surface area (Å²) in [5.41, 5.74) is 1.36. The monoisotopic (exact) mass is 240 g/mol. The molecule has 1 saturated heterocycles. The van der Waals surface area contributed by atoms with E-state index >= 15 is 0 Å². The Morgan fingerprint density at radius 3 is 3.00 bits per heavy atom. The number of hydrogen-bond donors (Lipinski definition) is 1. The molecule has 3 nitrogen and oxygen atoms in total. The molecule has 1 fully saturated rings. The fourth-order valence-electron chi connectivity index (χ4n) is 2.34. The van der Waals surface area contributed by atoms with Gasteiger partial charge in [-0.2, -0.15) is 0 Å². The lowest BCUT2D eigenvalue weighted by atomic mass is 10.0. The van der Waals surface area contributed by atoms with Gasteiger partial charge in [-0.25, -0.2) is 0 Å². The van der Waals surface area contributed by atoms with Crippen LogP contribution in [0.1, 0.15) is 32.6 Å². The SMILES string of the molecule is C=C(CC)CN1CCCCC1CNCCOC. The topological polar surface area (TPSA) is 24.5 Å². The molecule has 1 unspecified atom stereocenters. The smallest absolute Gasteiger partial charge is 0.0587 e. The normalized spacial score (nSPS) is 21.6. The van der Waals surface area contributed by atoms with Gasteiger partial charge in [0.25, 0.3) is 0 Å². The van der Waals surface area contributed by atoms with Gasteiger partial charge in [-0.15, -0.1) is 0 Å². The van der Waals surface area contributed by atoms with E-state index in [2.05, 4.69) is 23.7 Å². The van der Waals surface area contributed by atoms with Crippen LogP contribution in [-0.4, -0.2) is 50.8 Å². The van der Waals surface area contributed by atoms with Gasteiger partial charge in [0.15, 0.2) is 0 Å². The summed E-state index contributed by atoms with van der Waals surface area (Å²) in [6.07, 6.45) is 5.12. The van der Waals surface area contributed by atoms with Gasteiger partial charge in [0.1, 0.15) is 0 Å². The molecule has 1 rings (SSSR count). The fourth-order valence-corrected chi connectivity index (χ4v) is 2.34. The average molecular weight is 240 g/mol. The molecule has 1 N–H and O–H groups in total. The van der Waals surface area contributed by atoms with E-state index in [1.807, 2.05) is 0 Å². The molecule has 0 amide bonds. The van der Waals surface area contributed by atoms with E-state index in [1.165, 1.54) is 31.4 Å². The highest BCUT2D eigenvalue weighted by Crippen LogP contribution is 2.18. The first-order valence-corrected chi connectivity index (χ1v) is 6.88. The third kappa shape index (κ3) is 5.66. The molecule has 0 aromatic rings. The number of likely N-dealkylation sites (tertiary alicyclic amines) is 1. The lowest BCUT2D eigenvalue weighted by Crippen LogP contribution is -2.46. The second-order valence-electron chi connectivity index (χ2n) is 4.92. The highest BCUT2D eigenvalue weighted by atomic mass is 16.5. The molecule has 3 heteroatoms. The molecule has 0 aliphatic carbocycles. The number of methoxy groups -OCH3 is 1. The van der Waals surface area contributed by atoms with E-state index in [9.17, 15) is 0 Å². The third-order valence-electron chi connectivity index (χ3n) is 3.54. The van der Waals surface area contributed by atoms with Gasteiger partial charge in [-0.05, 0) is 25.8 Å². The van der Waals surface area contributed by atoms with E-state index in [4.69, 9.17) is 4.74 Å². The Balaban J connectivity index is 2.29. The van der Waals surface area contributed by atoms with Crippen molar-refractivity contribution < 1.29 is 4.74 Å². The van der Waals surface area contributed by atoms with Crippen LogP contribution in [0.25, 0.3) is 0 Å². The first-order chi connectivity index (χ1) is 8.27. The van der Waals surface area contributed by atoms with E-state index < -0.39 is 0 Å².